The number of nitriles is 1. The van der Waals surface area contributed by atoms with Gasteiger partial charge in [0.1, 0.15) is 23.1 Å². The van der Waals surface area contributed by atoms with Crippen molar-refractivity contribution in [1.82, 2.24) is 0 Å². The molecular weight excluding hydrogens is 258 g/mol. The highest BCUT2D eigenvalue weighted by Crippen LogP contribution is 2.46. The van der Waals surface area contributed by atoms with Gasteiger partial charge in [-0.2, -0.15) is 5.26 Å². The van der Waals surface area contributed by atoms with Gasteiger partial charge in [0.2, 0.25) is 0 Å². The lowest BCUT2D eigenvalue weighted by Gasteiger charge is -2.09. The third-order valence-corrected chi connectivity index (χ3v) is 3.69. The van der Waals surface area contributed by atoms with E-state index in [9.17, 15) is 0 Å². The van der Waals surface area contributed by atoms with Gasteiger partial charge in [-0.25, -0.2) is 0 Å². The number of ether oxygens (including phenoxy) is 2. The molecule has 0 unspecified atom stereocenters. The molecule has 0 spiro atoms. The summed E-state index contributed by atoms with van der Waals surface area (Å²) in [5, 5.41) is 9.16. The van der Waals surface area contributed by atoms with Crippen LogP contribution in [0.3, 0.4) is 0 Å². The summed E-state index contributed by atoms with van der Waals surface area (Å²) in [6.45, 7) is 1.32. The van der Waals surface area contributed by atoms with Crippen LogP contribution >= 0.6 is 15.9 Å². The molecule has 0 bridgehead atoms. The smallest absolute Gasteiger partial charge is 0.142 e. The van der Waals surface area contributed by atoms with Gasteiger partial charge in [-0.15, -0.1) is 0 Å². The Hall–Kier alpha value is -1.21. The van der Waals surface area contributed by atoms with Gasteiger partial charge in [-0.1, -0.05) is 0 Å². The fraction of sp³-hybridized carbons (Fsp3) is 0.364. The van der Waals surface area contributed by atoms with E-state index in [-0.39, 0.29) is 0 Å². The molecule has 0 atom stereocenters. The lowest BCUT2D eigenvalue weighted by Crippen LogP contribution is -1.93. The molecule has 15 heavy (non-hydrogen) atoms. The second-order valence-corrected chi connectivity index (χ2v) is 4.41. The number of rotatable bonds is 0. The van der Waals surface area contributed by atoms with Crippen molar-refractivity contribution in [2.45, 2.75) is 12.8 Å². The summed E-state index contributed by atoms with van der Waals surface area (Å²) in [4.78, 5) is 0. The second-order valence-electron chi connectivity index (χ2n) is 3.61. The number of nitrogens with zero attached hydrogens (tertiary/aromatic N) is 1. The molecule has 76 valence electrons. The monoisotopic (exact) mass is 265 g/mol. The molecule has 0 aliphatic carbocycles. The maximum absolute atomic E-state index is 9.16. The summed E-state index contributed by atoms with van der Waals surface area (Å²) in [6, 6.07) is 2.23. The zero-order chi connectivity index (χ0) is 10.4. The molecule has 0 amide bonds. The maximum atomic E-state index is 9.16. The van der Waals surface area contributed by atoms with Crippen molar-refractivity contribution in [1.29, 1.82) is 5.26 Å². The van der Waals surface area contributed by atoms with Crippen LogP contribution in [0.4, 0.5) is 0 Å². The number of halogens is 1. The first-order valence-corrected chi connectivity index (χ1v) is 5.65. The van der Waals surface area contributed by atoms with Crippen molar-refractivity contribution in [3.63, 3.8) is 0 Å². The van der Waals surface area contributed by atoms with Crippen LogP contribution in [0.25, 0.3) is 0 Å². The number of hydrogen-bond acceptors (Lipinski definition) is 3. The van der Waals surface area contributed by atoms with Crippen molar-refractivity contribution < 1.29 is 9.47 Å². The molecule has 0 fully saturated rings. The quantitative estimate of drug-likeness (QED) is 0.722. The van der Waals surface area contributed by atoms with Gasteiger partial charge < -0.3 is 9.47 Å². The first-order chi connectivity index (χ1) is 7.33. The summed E-state index contributed by atoms with van der Waals surface area (Å²) in [5.41, 5.74) is 2.73. The van der Waals surface area contributed by atoms with Crippen molar-refractivity contribution in [2.24, 2.45) is 0 Å². The minimum atomic E-state index is 0.658. The summed E-state index contributed by atoms with van der Waals surface area (Å²) in [5.74, 6) is 1.60. The van der Waals surface area contributed by atoms with E-state index in [1.807, 2.05) is 0 Å². The standard InChI is InChI=1S/C11H8BrNO2/c12-9-7-2-4-14-10(7)8(5-13)6-1-3-15-11(6)9/h1-4H2. The molecule has 4 heteroatoms. The van der Waals surface area contributed by atoms with E-state index in [0.29, 0.717) is 18.8 Å². The minimum Gasteiger partial charge on any atom is -0.492 e. The molecule has 2 aliphatic rings. The van der Waals surface area contributed by atoms with Crippen LogP contribution in [-0.4, -0.2) is 13.2 Å². The van der Waals surface area contributed by atoms with Crippen LogP contribution < -0.4 is 9.47 Å². The van der Waals surface area contributed by atoms with E-state index in [4.69, 9.17) is 14.7 Å². The van der Waals surface area contributed by atoms with Gasteiger partial charge in [-0.3, -0.25) is 0 Å². The predicted octanol–water partition coefficient (Wildman–Crippen LogP) is 2.19. The number of benzene rings is 1. The molecule has 0 radical (unpaired) electrons. The highest BCUT2D eigenvalue weighted by atomic mass is 79.9. The molecule has 2 aliphatic heterocycles. The molecule has 3 rings (SSSR count). The van der Waals surface area contributed by atoms with E-state index in [1.54, 1.807) is 0 Å². The average molecular weight is 266 g/mol. The van der Waals surface area contributed by atoms with Crippen LogP contribution in [-0.2, 0) is 12.8 Å². The normalized spacial score (nSPS) is 16.3. The number of hydrogen-bond donors (Lipinski definition) is 0. The van der Waals surface area contributed by atoms with Crippen molar-refractivity contribution in [3.8, 4) is 17.6 Å². The Morgan fingerprint density at radius 3 is 2.47 bits per heavy atom. The van der Waals surface area contributed by atoms with E-state index in [2.05, 4.69) is 22.0 Å². The maximum Gasteiger partial charge on any atom is 0.142 e. The number of fused-ring (bicyclic) bond motifs is 2. The molecule has 1 aromatic carbocycles. The van der Waals surface area contributed by atoms with E-state index in [0.717, 1.165) is 39.9 Å². The summed E-state index contributed by atoms with van der Waals surface area (Å²) in [7, 11) is 0. The van der Waals surface area contributed by atoms with Crippen LogP contribution in [0.5, 0.6) is 11.5 Å². The average Bonchev–Trinajstić information content (AvgIpc) is 2.85. The summed E-state index contributed by atoms with van der Waals surface area (Å²) in [6.07, 6.45) is 1.65. The third kappa shape index (κ3) is 1.10. The first-order valence-electron chi connectivity index (χ1n) is 4.86. The Bertz CT molecular complexity index is 455. The second kappa shape index (κ2) is 3.14. The van der Waals surface area contributed by atoms with E-state index in [1.165, 1.54) is 0 Å². The zero-order valence-corrected chi connectivity index (χ0v) is 9.56. The van der Waals surface area contributed by atoms with Gasteiger partial charge in [0.25, 0.3) is 0 Å². The first kappa shape index (κ1) is 9.05. The molecule has 0 aromatic heterocycles. The zero-order valence-electron chi connectivity index (χ0n) is 7.97. The van der Waals surface area contributed by atoms with E-state index >= 15 is 0 Å². The third-order valence-electron chi connectivity index (χ3n) is 2.85. The molecule has 2 heterocycles. The Kier molecular flexibility index (Phi) is 1.89. The largest absolute Gasteiger partial charge is 0.492 e. The molecule has 3 nitrogen and oxygen atoms in total. The van der Waals surface area contributed by atoms with Crippen LogP contribution in [0.2, 0.25) is 0 Å². The van der Waals surface area contributed by atoms with Crippen LogP contribution in [0.15, 0.2) is 4.47 Å². The van der Waals surface area contributed by atoms with E-state index < -0.39 is 0 Å². The Balaban J connectivity index is 2.37. The summed E-state index contributed by atoms with van der Waals surface area (Å²) >= 11 is 3.53. The Morgan fingerprint density at radius 2 is 1.73 bits per heavy atom. The van der Waals surface area contributed by atoms with Crippen LogP contribution in [0.1, 0.15) is 16.7 Å². The summed E-state index contributed by atoms with van der Waals surface area (Å²) < 4.78 is 12.0. The lowest BCUT2D eigenvalue weighted by molar-refractivity contribution is 0.354. The molecule has 0 saturated carbocycles. The van der Waals surface area contributed by atoms with Gasteiger partial charge in [0.15, 0.2) is 0 Å². The fourth-order valence-corrected chi connectivity index (χ4v) is 2.90. The van der Waals surface area contributed by atoms with Gasteiger partial charge in [-0.05, 0) is 15.9 Å². The fourth-order valence-electron chi connectivity index (χ4n) is 2.17. The topological polar surface area (TPSA) is 42.2 Å². The highest BCUT2D eigenvalue weighted by Gasteiger charge is 2.30. The Morgan fingerprint density at radius 1 is 1.07 bits per heavy atom. The molecule has 0 saturated heterocycles. The van der Waals surface area contributed by atoms with Crippen molar-refractivity contribution in [3.05, 3.63) is 21.2 Å². The Labute approximate surface area is 95.7 Å². The van der Waals surface area contributed by atoms with Gasteiger partial charge in [0.05, 0.1) is 17.7 Å². The highest BCUT2D eigenvalue weighted by molar-refractivity contribution is 9.10. The predicted molar refractivity (Wildman–Crippen MR) is 57.3 cm³/mol. The molecule has 1 aromatic rings. The van der Waals surface area contributed by atoms with Crippen LogP contribution in [0, 0.1) is 11.3 Å². The molecular formula is C11H8BrNO2. The van der Waals surface area contributed by atoms with Gasteiger partial charge >= 0.3 is 0 Å². The minimum absolute atomic E-state index is 0.658. The van der Waals surface area contributed by atoms with Gasteiger partial charge in [0, 0.05) is 24.0 Å². The molecule has 0 N–H and O–H groups in total. The van der Waals surface area contributed by atoms with Crippen molar-refractivity contribution in [2.75, 3.05) is 13.2 Å². The lowest BCUT2D eigenvalue weighted by atomic mass is 10.0. The van der Waals surface area contributed by atoms with Crippen molar-refractivity contribution >= 4 is 15.9 Å². The SMILES string of the molecule is N#Cc1c2c(c(Br)c3c1OCC3)OCC2.